The van der Waals surface area contributed by atoms with Crippen LogP contribution >= 0.6 is 0 Å². The molecule has 3 unspecified atom stereocenters. The maximum Gasteiger partial charge on any atom is 0.330 e. The van der Waals surface area contributed by atoms with E-state index in [9.17, 15) is 24.6 Å². The molecule has 0 radical (unpaired) electrons. The summed E-state index contributed by atoms with van der Waals surface area (Å²) >= 11 is 0. The summed E-state index contributed by atoms with van der Waals surface area (Å²) in [6.45, 7) is 5.07. The van der Waals surface area contributed by atoms with Crippen LogP contribution in [0.4, 0.5) is 0 Å². The van der Waals surface area contributed by atoms with Crippen molar-refractivity contribution in [3.63, 3.8) is 0 Å². The Morgan fingerprint density at radius 3 is 1.56 bits per heavy atom. The van der Waals surface area contributed by atoms with Gasteiger partial charge in [0, 0.05) is 26.1 Å². The van der Waals surface area contributed by atoms with Gasteiger partial charge in [-0.25, -0.2) is 4.79 Å². The molecule has 1 rings (SSSR count). The number of unbranched alkanes of at least 4 members (excludes halogenated alkanes) is 17. The molecule has 0 spiro atoms. The molecule has 0 aromatic heterocycles. The van der Waals surface area contributed by atoms with E-state index in [0.717, 1.165) is 83.5 Å². The highest BCUT2D eigenvalue weighted by Gasteiger charge is 2.31. The van der Waals surface area contributed by atoms with Gasteiger partial charge in [0.25, 0.3) is 0 Å². The van der Waals surface area contributed by atoms with E-state index in [1.165, 1.54) is 64.2 Å². The maximum atomic E-state index is 13.0. The third-order valence-electron chi connectivity index (χ3n) is 9.77. The van der Waals surface area contributed by atoms with Crippen LogP contribution in [-0.2, 0) is 19.1 Å². The molecule has 1 aliphatic heterocycles. The van der Waals surface area contributed by atoms with E-state index in [2.05, 4.69) is 73.1 Å². The molecule has 1 saturated heterocycles. The zero-order valence-electron chi connectivity index (χ0n) is 34.3. The number of carbonyl (C=O) groups excluding carboxylic acids is 3. The summed E-state index contributed by atoms with van der Waals surface area (Å²) in [7, 11) is 0. The summed E-state index contributed by atoms with van der Waals surface area (Å²) in [4.78, 5) is 40.1. The van der Waals surface area contributed by atoms with Gasteiger partial charge in [0.05, 0.1) is 25.4 Å². The smallest absolute Gasteiger partial charge is 0.330 e. The second-order valence-electron chi connectivity index (χ2n) is 15.0. The van der Waals surface area contributed by atoms with Crippen molar-refractivity contribution in [2.75, 3.05) is 32.8 Å². The van der Waals surface area contributed by atoms with E-state index in [0.29, 0.717) is 6.42 Å². The van der Waals surface area contributed by atoms with E-state index >= 15 is 0 Å². The van der Waals surface area contributed by atoms with Crippen LogP contribution < -0.4 is 10.6 Å². The van der Waals surface area contributed by atoms with E-state index in [1.54, 1.807) is 4.90 Å². The highest BCUT2D eigenvalue weighted by molar-refractivity contribution is 5.85. The number of ether oxygens (including phenoxy) is 1. The van der Waals surface area contributed by atoms with Crippen LogP contribution in [-0.4, -0.2) is 83.9 Å². The molecule has 0 aromatic carbocycles. The van der Waals surface area contributed by atoms with Gasteiger partial charge < -0.3 is 25.6 Å². The van der Waals surface area contributed by atoms with Crippen LogP contribution in [0.3, 0.4) is 0 Å². The Labute approximate surface area is 329 Å². The molecule has 0 aromatic rings. The van der Waals surface area contributed by atoms with E-state index in [1.807, 2.05) is 0 Å². The number of amides is 2. The number of likely N-dealkylation sites (tertiary alicyclic amines) is 1. The van der Waals surface area contributed by atoms with E-state index in [-0.39, 0.29) is 44.6 Å². The minimum absolute atomic E-state index is 0.0113. The SMILES string of the molecule is CCCCC/C=C\C/C=C\CCCCCCCCOC(=O)C(CNC(=O)CN1CC(O)C(O)C1)NC(=O)CCCCCCC/C=C\C/C=C\CCCCC. The summed E-state index contributed by atoms with van der Waals surface area (Å²) in [5.41, 5.74) is 0. The zero-order chi connectivity index (χ0) is 39.3. The lowest BCUT2D eigenvalue weighted by Crippen LogP contribution is -2.50. The maximum absolute atomic E-state index is 13.0. The van der Waals surface area contributed by atoms with Gasteiger partial charge in [-0.2, -0.15) is 0 Å². The van der Waals surface area contributed by atoms with Gasteiger partial charge in [-0.05, 0) is 77.0 Å². The number of nitrogens with one attached hydrogen (secondary N) is 2. The van der Waals surface area contributed by atoms with Crippen molar-refractivity contribution in [1.29, 1.82) is 0 Å². The number of β-amino-alcohol motifs (C(OH)–C–C–N with tert-alkyl or cyclic N) is 2. The summed E-state index contributed by atoms with van der Waals surface area (Å²) in [5, 5.41) is 25.1. The molecule has 0 saturated carbocycles. The molecule has 9 heteroatoms. The summed E-state index contributed by atoms with van der Waals surface area (Å²) in [5.74, 6) is -1.11. The van der Waals surface area contributed by atoms with Gasteiger partial charge in [-0.3, -0.25) is 14.5 Å². The average Bonchev–Trinajstić information content (AvgIpc) is 3.47. The number of hydrogen-bond acceptors (Lipinski definition) is 7. The van der Waals surface area contributed by atoms with Crippen LogP contribution in [0.15, 0.2) is 48.6 Å². The summed E-state index contributed by atoms with van der Waals surface area (Å²) in [6, 6.07) is -0.973. The topological polar surface area (TPSA) is 128 Å². The Morgan fingerprint density at radius 2 is 1.06 bits per heavy atom. The van der Waals surface area contributed by atoms with Crippen molar-refractivity contribution in [2.24, 2.45) is 0 Å². The molecule has 4 N–H and O–H groups in total. The molecule has 2 amide bonds. The van der Waals surface area contributed by atoms with Gasteiger partial charge in [0.2, 0.25) is 11.8 Å². The van der Waals surface area contributed by atoms with Crippen molar-refractivity contribution >= 4 is 17.8 Å². The van der Waals surface area contributed by atoms with E-state index < -0.39 is 24.2 Å². The Kier molecular flexibility index (Phi) is 32.8. The van der Waals surface area contributed by atoms with Gasteiger partial charge in [0.1, 0.15) is 6.04 Å². The molecule has 1 fully saturated rings. The average molecular weight is 758 g/mol. The Morgan fingerprint density at radius 1 is 0.611 bits per heavy atom. The van der Waals surface area contributed by atoms with Crippen LogP contribution in [0.5, 0.6) is 0 Å². The number of aliphatic hydroxyl groups is 2. The largest absolute Gasteiger partial charge is 0.464 e. The van der Waals surface area contributed by atoms with Crippen LogP contribution in [0.1, 0.15) is 168 Å². The predicted molar refractivity (Wildman–Crippen MR) is 223 cm³/mol. The highest BCUT2D eigenvalue weighted by Crippen LogP contribution is 2.11. The predicted octanol–water partition coefficient (Wildman–Crippen LogP) is 8.80. The number of carbonyl (C=O) groups is 3. The third-order valence-corrected chi connectivity index (χ3v) is 9.77. The molecular formula is C45H79N3O6. The first-order valence-corrected chi connectivity index (χ1v) is 21.8. The van der Waals surface area contributed by atoms with Crippen molar-refractivity contribution in [1.82, 2.24) is 15.5 Å². The molecule has 3 atom stereocenters. The van der Waals surface area contributed by atoms with Crippen LogP contribution in [0, 0.1) is 0 Å². The summed E-state index contributed by atoms with van der Waals surface area (Å²) in [6.07, 6.45) is 42.3. The van der Waals surface area contributed by atoms with Gasteiger partial charge in [0.15, 0.2) is 0 Å². The molecule has 0 aliphatic carbocycles. The number of aliphatic hydroxyl groups excluding tert-OH is 2. The molecule has 1 heterocycles. The lowest BCUT2D eigenvalue weighted by atomic mass is 10.1. The Balaban J connectivity index is 2.30. The van der Waals surface area contributed by atoms with Crippen LogP contribution in [0.2, 0.25) is 0 Å². The fourth-order valence-corrected chi connectivity index (χ4v) is 6.37. The minimum atomic E-state index is -0.973. The Hall–Kier alpha value is -2.75. The molecular weight excluding hydrogens is 679 g/mol. The standard InChI is InChI=1S/C45H79N3O6/c1-3-5-7-9-11-13-15-17-19-21-23-25-27-29-31-33-35-54-45(53)40(36-46-44(52)39-48-37-41(49)42(50)38-48)47-43(51)34-32-30-28-26-24-22-20-18-16-14-12-10-8-6-4-2/h11-14,17-20,40-42,49-50H,3-10,15-16,21-39H2,1-2H3,(H,46,52)(H,47,51)/b13-11-,14-12-,19-17-,20-18-. The van der Waals surface area contributed by atoms with Gasteiger partial charge in [-0.1, -0.05) is 133 Å². The van der Waals surface area contributed by atoms with Crippen molar-refractivity contribution in [2.45, 2.75) is 186 Å². The first-order valence-electron chi connectivity index (χ1n) is 21.8. The second-order valence-corrected chi connectivity index (χ2v) is 15.0. The van der Waals surface area contributed by atoms with Crippen molar-refractivity contribution in [3.05, 3.63) is 48.6 Å². The quantitative estimate of drug-likeness (QED) is 0.0289. The van der Waals surface area contributed by atoms with Crippen LogP contribution in [0.25, 0.3) is 0 Å². The first kappa shape index (κ1) is 49.3. The lowest BCUT2D eigenvalue weighted by molar-refractivity contribution is -0.148. The Bertz CT molecular complexity index is 1050. The first-order chi connectivity index (χ1) is 26.4. The van der Waals surface area contributed by atoms with Crippen molar-refractivity contribution < 1.29 is 29.3 Å². The number of nitrogens with zero attached hydrogens (tertiary/aromatic N) is 1. The molecule has 310 valence electrons. The minimum Gasteiger partial charge on any atom is -0.464 e. The summed E-state index contributed by atoms with van der Waals surface area (Å²) < 4.78 is 5.54. The molecule has 0 bridgehead atoms. The number of rotatable bonds is 35. The number of allylic oxidation sites excluding steroid dienone is 8. The molecule has 9 nitrogen and oxygen atoms in total. The number of hydrogen-bond donors (Lipinski definition) is 4. The fourth-order valence-electron chi connectivity index (χ4n) is 6.37. The fraction of sp³-hybridized carbons (Fsp3) is 0.756. The second kappa shape index (κ2) is 35.9. The van der Waals surface area contributed by atoms with E-state index in [4.69, 9.17) is 4.74 Å². The lowest BCUT2D eigenvalue weighted by Gasteiger charge is -2.20. The molecule has 1 aliphatic rings. The monoisotopic (exact) mass is 758 g/mol. The van der Waals surface area contributed by atoms with Crippen molar-refractivity contribution in [3.8, 4) is 0 Å². The molecule has 54 heavy (non-hydrogen) atoms. The highest BCUT2D eigenvalue weighted by atomic mass is 16.5. The number of esters is 1. The van der Waals surface area contributed by atoms with Gasteiger partial charge in [-0.15, -0.1) is 0 Å². The normalized spacial score (nSPS) is 17.0. The third kappa shape index (κ3) is 29.6. The van der Waals surface area contributed by atoms with Gasteiger partial charge >= 0.3 is 5.97 Å². The zero-order valence-corrected chi connectivity index (χ0v) is 34.3.